The van der Waals surface area contributed by atoms with E-state index in [-0.39, 0.29) is 22.7 Å². The first kappa shape index (κ1) is 14.8. The van der Waals surface area contributed by atoms with Crippen LogP contribution in [0.1, 0.15) is 28.3 Å². The molecule has 0 saturated carbocycles. The molecule has 1 saturated heterocycles. The first-order valence-electron chi connectivity index (χ1n) is 6.98. The van der Waals surface area contributed by atoms with Crippen LogP contribution in [-0.2, 0) is 0 Å². The fourth-order valence-electron chi connectivity index (χ4n) is 2.77. The van der Waals surface area contributed by atoms with Crippen LogP contribution in [0.2, 0.25) is 5.02 Å². The maximum atomic E-state index is 13.8. The van der Waals surface area contributed by atoms with Gasteiger partial charge < -0.3 is 9.88 Å². The van der Waals surface area contributed by atoms with E-state index < -0.39 is 5.56 Å². The summed E-state index contributed by atoms with van der Waals surface area (Å²) in [5.41, 5.74) is 0.542. The quantitative estimate of drug-likeness (QED) is 0.925. The number of nitrogens with one attached hydrogen (secondary N) is 1. The normalized spacial score (nSPS) is 17.7. The van der Waals surface area contributed by atoms with Gasteiger partial charge >= 0.3 is 0 Å². The number of hydrogen-bond donors (Lipinski definition) is 1. The van der Waals surface area contributed by atoms with E-state index in [9.17, 15) is 14.0 Å². The van der Waals surface area contributed by atoms with Crippen molar-refractivity contribution in [1.82, 2.24) is 9.88 Å². The third-order valence-corrected chi connectivity index (χ3v) is 4.21. The first-order valence-corrected chi connectivity index (χ1v) is 7.36. The summed E-state index contributed by atoms with van der Waals surface area (Å²) in [7, 11) is 0. The molecule has 2 heterocycles. The Bertz CT molecular complexity index is 775. The molecule has 1 atom stereocenters. The zero-order valence-corrected chi connectivity index (χ0v) is 12.4. The fraction of sp³-hybridized carbons (Fsp3) is 0.250. The van der Waals surface area contributed by atoms with Gasteiger partial charge in [0.2, 0.25) is 0 Å². The van der Waals surface area contributed by atoms with Crippen LogP contribution in [0.5, 0.6) is 0 Å². The van der Waals surface area contributed by atoms with Gasteiger partial charge in [-0.15, -0.1) is 0 Å². The van der Waals surface area contributed by atoms with Gasteiger partial charge in [-0.1, -0.05) is 29.8 Å². The molecular weight excluding hydrogens is 307 g/mol. The van der Waals surface area contributed by atoms with E-state index in [4.69, 9.17) is 11.6 Å². The Kier molecular flexibility index (Phi) is 3.98. The Morgan fingerprint density at radius 2 is 2.14 bits per heavy atom. The highest BCUT2D eigenvalue weighted by atomic mass is 35.5. The van der Waals surface area contributed by atoms with Crippen molar-refractivity contribution in [3.05, 3.63) is 68.8 Å². The van der Waals surface area contributed by atoms with E-state index in [1.807, 2.05) is 0 Å². The van der Waals surface area contributed by atoms with Gasteiger partial charge in [-0.2, -0.15) is 0 Å². The number of nitrogens with zero attached hydrogens (tertiary/aromatic N) is 1. The molecule has 0 bridgehead atoms. The second-order valence-electron chi connectivity index (χ2n) is 5.32. The molecule has 2 aromatic rings. The molecular formula is C16H14ClFN2O2. The molecule has 0 spiro atoms. The Balaban J connectivity index is 1.77. The maximum absolute atomic E-state index is 13.8. The van der Waals surface area contributed by atoms with E-state index in [0.29, 0.717) is 30.6 Å². The molecule has 1 aromatic heterocycles. The number of hydrogen-bond acceptors (Lipinski definition) is 2. The van der Waals surface area contributed by atoms with Gasteiger partial charge in [0.15, 0.2) is 0 Å². The van der Waals surface area contributed by atoms with Gasteiger partial charge in [-0.05, 0) is 24.1 Å². The summed E-state index contributed by atoms with van der Waals surface area (Å²) in [4.78, 5) is 27.7. The van der Waals surface area contributed by atoms with Gasteiger partial charge in [0.1, 0.15) is 10.8 Å². The van der Waals surface area contributed by atoms with Crippen LogP contribution in [0.4, 0.5) is 4.39 Å². The summed E-state index contributed by atoms with van der Waals surface area (Å²) < 4.78 is 13.8. The third-order valence-electron chi connectivity index (χ3n) is 3.93. The monoisotopic (exact) mass is 320 g/mol. The van der Waals surface area contributed by atoms with Crippen LogP contribution in [0.15, 0.2) is 41.3 Å². The maximum Gasteiger partial charge on any atom is 0.266 e. The standard InChI is InChI=1S/C16H14ClFN2O2/c17-13-7-11(8-19-15(13)21)16(22)20-6-5-10(9-20)12-3-1-2-4-14(12)18/h1-4,7-8,10H,5-6,9H2,(H,19,21)/t10-/m1/s1. The lowest BCUT2D eigenvalue weighted by molar-refractivity contribution is 0.0790. The van der Waals surface area contributed by atoms with Gasteiger partial charge in [-0.25, -0.2) is 4.39 Å². The fourth-order valence-corrected chi connectivity index (χ4v) is 2.94. The summed E-state index contributed by atoms with van der Waals surface area (Å²) in [6.45, 7) is 1.01. The van der Waals surface area contributed by atoms with E-state index in [1.165, 1.54) is 18.3 Å². The van der Waals surface area contributed by atoms with E-state index in [0.717, 1.165) is 0 Å². The lowest BCUT2D eigenvalue weighted by atomic mass is 9.98. The van der Waals surface area contributed by atoms with Crippen molar-refractivity contribution in [3.63, 3.8) is 0 Å². The molecule has 0 unspecified atom stereocenters. The lowest BCUT2D eigenvalue weighted by Gasteiger charge is -2.17. The summed E-state index contributed by atoms with van der Waals surface area (Å²) >= 11 is 5.75. The van der Waals surface area contributed by atoms with Crippen molar-refractivity contribution in [2.75, 3.05) is 13.1 Å². The first-order chi connectivity index (χ1) is 10.6. The Hall–Kier alpha value is -2.14. The lowest BCUT2D eigenvalue weighted by Crippen LogP contribution is -2.29. The molecule has 3 rings (SSSR count). The second kappa shape index (κ2) is 5.93. The van der Waals surface area contributed by atoms with Gasteiger partial charge in [0.25, 0.3) is 11.5 Å². The third kappa shape index (κ3) is 2.76. The molecule has 1 amide bonds. The molecule has 6 heteroatoms. The highest BCUT2D eigenvalue weighted by molar-refractivity contribution is 6.30. The van der Waals surface area contributed by atoms with E-state index >= 15 is 0 Å². The van der Waals surface area contributed by atoms with Crippen molar-refractivity contribution < 1.29 is 9.18 Å². The largest absolute Gasteiger partial charge is 0.338 e. The van der Waals surface area contributed by atoms with Gasteiger partial charge in [0, 0.05) is 25.2 Å². The van der Waals surface area contributed by atoms with Crippen molar-refractivity contribution in [1.29, 1.82) is 0 Å². The number of aromatic amines is 1. The zero-order valence-electron chi connectivity index (χ0n) is 11.7. The second-order valence-corrected chi connectivity index (χ2v) is 5.73. The molecule has 114 valence electrons. The van der Waals surface area contributed by atoms with Crippen LogP contribution in [0.3, 0.4) is 0 Å². The predicted molar refractivity (Wildman–Crippen MR) is 81.7 cm³/mol. The molecule has 1 N–H and O–H groups in total. The van der Waals surface area contributed by atoms with E-state index in [1.54, 1.807) is 23.1 Å². The average molecular weight is 321 g/mol. The summed E-state index contributed by atoms with van der Waals surface area (Å²) in [5, 5.41) is -0.0179. The van der Waals surface area contributed by atoms with Crippen LogP contribution >= 0.6 is 11.6 Å². The minimum Gasteiger partial charge on any atom is -0.338 e. The number of aromatic nitrogens is 1. The summed E-state index contributed by atoms with van der Waals surface area (Å²) in [6.07, 6.45) is 2.07. The minimum absolute atomic E-state index is 0.0108. The number of benzene rings is 1. The van der Waals surface area contributed by atoms with Crippen molar-refractivity contribution in [2.45, 2.75) is 12.3 Å². The molecule has 1 aliphatic rings. The van der Waals surface area contributed by atoms with Crippen LogP contribution in [-0.4, -0.2) is 28.9 Å². The molecule has 1 aliphatic heterocycles. The summed E-state index contributed by atoms with van der Waals surface area (Å²) in [6, 6.07) is 8.00. The molecule has 4 nitrogen and oxygen atoms in total. The smallest absolute Gasteiger partial charge is 0.266 e. The Morgan fingerprint density at radius 3 is 2.86 bits per heavy atom. The molecule has 0 aliphatic carbocycles. The van der Waals surface area contributed by atoms with Crippen LogP contribution in [0.25, 0.3) is 0 Å². The topological polar surface area (TPSA) is 53.2 Å². The molecule has 0 radical (unpaired) electrons. The van der Waals surface area contributed by atoms with Gasteiger partial charge in [-0.3, -0.25) is 9.59 Å². The Morgan fingerprint density at radius 1 is 1.36 bits per heavy atom. The van der Waals surface area contributed by atoms with Crippen LogP contribution < -0.4 is 5.56 Å². The van der Waals surface area contributed by atoms with Crippen molar-refractivity contribution in [3.8, 4) is 0 Å². The van der Waals surface area contributed by atoms with Gasteiger partial charge in [0.05, 0.1) is 5.56 Å². The molecule has 1 aromatic carbocycles. The number of carbonyl (C=O) groups is 1. The zero-order chi connectivity index (χ0) is 15.7. The number of amides is 1. The predicted octanol–water partition coefficient (Wildman–Crippen LogP) is 2.80. The highest BCUT2D eigenvalue weighted by Crippen LogP contribution is 2.29. The van der Waals surface area contributed by atoms with E-state index in [2.05, 4.69) is 4.98 Å². The molecule has 22 heavy (non-hydrogen) atoms. The molecule has 1 fully saturated rings. The van der Waals surface area contributed by atoms with Crippen molar-refractivity contribution in [2.24, 2.45) is 0 Å². The SMILES string of the molecule is O=C(c1c[nH]c(=O)c(Cl)c1)N1CC[C@@H](c2ccccc2F)C1. The summed E-state index contributed by atoms with van der Waals surface area (Å²) in [5.74, 6) is -0.464. The highest BCUT2D eigenvalue weighted by Gasteiger charge is 2.29. The minimum atomic E-state index is -0.427. The van der Waals surface area contributed by atoms with Crippen LogP contribution in [0, 0.1) is 5.82 Å². The average Bonchev–Trinajstić information content (AvgIpc) is 2.99. The number of halogens is 2. The number of H-pyrrole nitrogens is 1. The Labute approximate surface area is 131 Å². The number of likely N-dealkylation sites (tertiary alicyclic amines) is 1. The number of rotatable bonds is 2. The number of carbonyl (C=O) groups excluding carboxylic acids is 1. The van der Waals surface area contributed by atoms with Crippen molar-refractivity contribution >= 4 is 17.5 Å². The number of pyridine rings is 1.